The molecule has 0 spiro atoms. The second kappa shape index (κ2) is 9.64. The number of hydrogen-bond donors (Lipinski definition) is 1. The van der Waals surface area contributed by atoms with Crippen molar-refractivity contribution >= 4 is 71.2 Å². The first-order chi connectivity index (χ1) is 14.8. The highest BCUT2D eigenvalue weighted by atomic mass is 79.9. The fourth-order valence-corrected chi connectivity index (χ4v) is 7.83. The van der Waals surface area contributed by atoms with Crippen LogP contribution in [0.2, 0.25) is 0 Å². The largest absolute Gasteiger partial charge is 0.326 e. The predicted octanol–water partition coefficient (Wildman–Crippen LogP) is 5.29. The van der Waals surface area contributed by atoms with Crippen molar-refractivity contribution in [1.82, 2.24) is 4.90 Å². The van der Waals surface area contributed by atoms with Crippen molar-refractivity contribution in [2.75, 3.05) is 11.9 Å². The van der Waals surface area contributed by atoms with E-state index in [1.165, 1.54) is 4.90 Å². The molecule has 6 atom stereocenters. The summed E-state index contributed by atoms with van der Waals surface area (Å²) in [5.74, 6) is 0.286. The Bertz CT molecular complexity index is 861. The normalized spacial score (nSPS) is 31.4. The Hall–Kier alpha value is -0.730. The van der Waals surface area contributed by atoms with Gasteiger partial charge < -0.3 is 5.32 Å². The molecule has 3 fully saturated rings. The third-order valence-electron chi connectivity index (χ3n) is 7.09. The van der Waals surface area contributed by atoms with Crippen LogP contribution >= 0.6 is 47.8 Å². The molecule has 3 amide bonds. The van der Waals surface area contributed by atoms with E-state index in [4.69, 9.17) is 0 Å². The monoisotopic (exact) mass is 616 g/mol. The Kier molecular flexibility index (Phi) is 7.28. The maximum Gasteiger partial charge on any atom is 0.233 e. The molecule has 1 aromatic carbocycles. The van der Waals surface area contributed by atoms with Crippen LogP contribution < -0.4 is 5.32 Å². The summed E-state index contributed by atoms with van der Waals surface area (Å²) in [4.78, 5) is 40.1. The molecule has 2 saturated carbocycles. The number of nitrogens with zero attached hydrogens (tertiary/aromatic N) is 1. The van der Waals surface area contributed by atoms with Gasteiger partial charge in [0.15, 0.2) is 0 Å². The van der Waals surface area contributed by atoms with Crippen molar-refractivity contribution < 1.29 is 14.4 Å². The number of amides is 3. The summed E-state index contributed by atoms with van der Waals surface area (Å²) < 4.78 is 1.00. The van der Waals surface area contributed by atoms with Gasteiger partial charge in [0, 0.05) is 32.8 Å². The molecule has 0 aromatic heterocycles. The Morgan fingerprint density at radius 3 is 2.32 bits per heavy atom. The average Bonchev–Trinajstić information content (AvgIpc) is 3.35. The van der Waals surface area contributed by atoms with Gasteiger partial charge >= 0.3 is 0 Å². The zero-order valence-electron chi connectivity index (χ0n) is 17.5. The van der Waals surface area contributed by atoms with Crippen LogP contribution in [-0.4, -0.2) is 38.8 Å². The van der Waals surface area contributed by atoms with Crippen molar-refractivity contribution in [2.24, 2.45) is 23.7 Å². The standard InChI is InChI=1S/C23H27Br3N2O3/c1-2-12-10-13(24)7-8-16(12)27-17(29)6-4-3-5-9-28-22(30)18-14-11-15(19(18)23(28)31)21(26)20(14)25/h7-8,10,14-15,18-21H,2-6,9,11H2,1H3,(H,27,29)/t14-,15+,18-,19+,20-,21+. The van der Waals surface area contributed by atoms with Crippen LogP contribution in [0.1, 0.15) is 44.6 Å². The quantitative estimate of drug-likeness (QED) is 0.245. The van der Waals surface area contributed by atoms with E-state index >= 15 is 0 Å². The number of fused-ring (bicyclic) bond motifs is 5. The van der Waals surface area contributed by atoms with Gasteiger partial charge in [-0.25, -0.2) is 0 Å². The van der Waals surface area contributed by atoms with Crippen molar-refractivity contribution in [1.29, 1.82) is 0 Å². The first kappa shape index (κ1) is 23.4. The summed E-state index contributed by atoms with van der Waals surface area (Å²) in [7, 11) is 0. The average molecular weight is 619 g/mol. The summed E-state index contributed by atoms with van der Waals surface area (Å²) >= 11 is 10.9. The first-order valence-corrected chi connectivity index (χ1v) is 13.7. The molecular formula is C23H27Br3N2O3. The first-order valence-electron chi connectivity index (χ1n) is 11.0. The molecule has 2 aliphatic carbocycles. The molecule has 1 aliphatic heterocycles. The van der Waals surface area contributed by atoms with Crippen LogP contribution in [0, 0.1) is 23.7 Å². The van der Waals surface area contributed by atoms with Gasteiger partial charge in [0.1, 0.15) is 0 Å². The zero-order chi connectivity index (χ0) is 22.3. The van der Waals surface area contributed by atoms with Gasteiger partial charge in [-0.05, 0) is 61.3 Å². The Morgan fingerprint density at radius 1 is 1.06 bits per heavy atom. The van der Waals surface area contributed by atoms with Gasteiger partial charge in [0.2, 0.25) is 17.7 Å². The van der Waals surface area contributed by atoms with Crippen LogP contribution in [0.3, 0.4) is 0 Å². The number of unbranched alkanes of at least 4 members (excludes halogenated alkanes) is 2. The molecule has 31 heavy (non-hydrogen) atoms. The van der Waals surface area contributed by atoms with Crippen LogP contribution in [-0.2, 0) is 20.8 Å². The summed E-state index contributed by atoms with van der Waals surface area (Å²) in [6, 6.07) is 5.87. The topological polar surface area (TPSA) is 66.5 Å². The SMILES string of the molecule is CCc1cc(Br)ccc1NC(=O)CCCCCN1C(=O)[C@@H]2[C@H]3C[C@H]([C@H](Br)[C@@H]3Br)[C@@H]2C1=O. The fourth-order valence-electron chi connectivity index (χ4n) is 5.55. The Morgan fingerprint density at radius 2 is 1.71 bits per heavy atom. The van der Waals surface area contributed by atoms with Crippen molar-refractivity contribution in [2.45, 2.75) is 55.1 Å². The van der Waals surface area contributed by atoms with E-state index in [-0.39, 0.29) is 51.0 Å². The summed E-state index contributed by atoms with van der Waals surface area (Å²) in [6.07, 6.45) is 4.55. The van der Waals surface area contributed by atoms with E-state index < -0.39 is 0 Å². The molecule has 3 aliphatic rings. The molecule has 8 heteroatoms. The lowest BCUT2D eigenvalue weighted by atomic mass is 9.81. The second-order valence-corrected chi connectivity index (χ2v) is 11.9. The van der Waals surface area contributed by atoms with E-state index in [2.05, 4.69) is 60.0 Å². The summed E-state index contributed by atoms with van der Waals surface area (Å²) in [6.45, 7) is 2.53. The van der Waals surface area contributed by atoms with Crippen LogP contribution in [0.15, 0.2) is 22.7 Å². The van der Waals surface area contributed by atoms with E-state index in [0.717, 1.165) is 47.8 Å². The third kappa shape index (κ3) is 4.41. The fraction of sp³-hybridized carbons (Fsp3) is 0.609. The maximum atomic E-state index is 12.9. The van der Waals surface area contributed by atoms with Crippen LogP contribution in [0.4, 0.5) is 5.69 Å². The van der Waals surface area contributed by atoms with Crippen LogP contribution in [0.5, 0.6) is 0 Å². The molecule has 1 saturated heterocycles. The van der Waals surface area contributed by atoms with Gasteiger partial charge in [-0.15, -0.1) is 0 Å². The lowest BCUT2D eigenvalue weighted by molar-refractivity contribution is -0.140. The minimum absolute atomic E-state index is 0.00294. The predicted molar refractivity (Wildman–Crippen MR) is 131 cm³/mol. The summed E-state index contributed by atoms with van der Waals surface area (Å²) in [5, 5.41) is 3.00. The molecule has 1 aromatic rings. The second-order valence-electron chi connectivity index (χ2n) is 8.85. The van der Waals surface area contributed by atoms with Crippen molar-refractivity contribution in [3.8, 4) is 0 Å². The number of carbonyl (C=O) groups is 3. The lowest BCUT2D eigenvalue weighted by Crippen LogP contribution is -2.37. The van der Waals surface area contributed by atoms with Gasteiger partial charge in [0.25, 0.3) is 0 Å². The van der Waals surface area contributed by atoms with Gasteiger partial charge in [-0.3, -0.25) is 19.3 Å². The molecule has 5 nitrogen and oxygen atoms in total. The van der Waals surface area contributed by atoms with Crippen molar-refractivity contribution in [3.05, 3.63) is 28.2 Å². The minimum Gasteiger partial charge on any atom is -0.326 e. The smallest absolute Gasteiger partial charge is 0.233 e. The highest BCUT2D eigenvalue weighted by Gasteiger charge is 2.66. The summed E-state index contributed by atoms with van der Waals surface area (Å²) in [5.41, 5.74) is 1.96. The van der Waals surface area contributed by atoms with Gasteiger partial charge in [-0.1, -0.05) is 61.1 Å². The maximum absolute atomic E-state index is 12.9. The van der Waals surface area contributed by atoms with E-state index in [1.54, 1.807) is 0 Å². The third-order valence-corrected chi connectivity index (χ3v) is 10.8. The number of nitrogens with one attached hydrogen (secondary N) is 1. The minimum atomic E-state index is -0.139. The number of likely N-dealkylation sites (tertiary alicyclic amines) is 1. The number of anilines is 1. The van der Waals surface area contributed by atoms with Crippen molar-refractivity contribution in [3.63, 3.8) is 0 Å². The Balaban J connectivity index is 1.22. The number of aryl methyl sites for hydroxylation is 1. The molecule has 4 rings (SSSR count). The molecule has 0 radical (unpaired) electrons. The molecular weight excluding hydrogens is 592 g/mol. The number of imide groups is 1. The van der Waals surface area contributed by atoms with E-state index in [1.807, 2.05) is 18.2 Å². The van der Waals surface area contributed by atoms with Gasteiger partial charge in [0.05, 0.1) is 11.8 Å². The number of halogens is 3. The molecule has 168 valence electrons. The number of benzene rings is 1. The molecule has 1 heterocycles. The Labute approximate surface area is 208 Å². The number of rotatable bonds is 8. The van der Waals surface area contributed by atoms with E-state index in [9.17, 15) is 14.4 Å². The number of alkyl halides is 2. The number of hydrogen-bond acceptors (Lipinski definition) is 3. The molecule has 2 bridgehead atoms. The molecule has 0 unspecified atom stereocenters. The highest BCUT2D eigenvalue weighted by molar-refractivity contribution is 9.12. The molecule has 1 N–H and O–H groups in total. The highest BCUT2D eigenvalue weighted by Crippen LogP contribution is 2.60. The van der Waals surface area contributed by atoms with Crippen LogP contribution in [0.25, 0.3) is 0 Å². The van der Waals surface area contributed by atoms with E-state index in [0.29, 0.717) is 13.0 Å². The van der Waals surface area contributed by atoms with Gasteiger partial charge in [-0.2, -0.15) is 0 Å². The zero-order valence-corrected chi connectivity index (χ0v) is 22.2. The lowest BCUT2D eigenvalue weighted by Gasteiger charge is -2.28. The number of carbonyl (C=O) groups excluding carboxylic acids is 3.